The van der Waals surface area contributed by atoms with Crippen LogP contribution in [-0.2, 0) is 11.3 Å². The Hall–Kier alpha value is -3.84. The number of anilines is 1. The Morgan fingerprint density at radius 3 is 2.61 bits per heavy atom. The molecule has 0 saturated heterocycles. The molecule has 8 heteroatoms. The average Bonchev–Trinajstić information content (AvgIpc) is 3.27. The quantitative estimate of drug-likeness (QED) is 0.570. The van der Waals surface area contributed by atoms with Crippen LogP contribution in [0.2, 0.25) is 5.02 Å². The van der Waals surface area contributed by atoms with Crippen molar-refractivity contribution in [2.45, 2.75) is 6.54 Å². The molecule has 0 unspecified atom stereocenters. The molecule has 1 aromatic heterocycles. The van der Waals surface area contributed by atoms with Crippen molar-refractivity contribution >= 4 is 35.2 Å². The predicted molar refractivity (Wildman–Crippen MR) is 117 cm³/mol. The van der Waals surface area contributed by atoms with Gasteiger partial charge in [0.2, 0.25) is 12.7 Å². The molecule has 0 radical (unpaired) electrons. The third kappa shape index (κ3) is 5.21. The molecule has 0 fully saturated rings. The van der Waals surface area contributed by atoms with Gasteiger partial charge in [0.1, 0.15) is 0 Å². The van der Waals surface area contributed by atoms with Crippen molar-refractivity contribution in [2.75, 3.05) is 12.1 Å². The van der Waals surface area contributed by atoms with Gasteiger partial charge in [-0.2, -0.15) is 0 Å². The van der Waals surface area contributed by atoms with Crippen LogP contribution in [0.3, 0.4) is 0 Å². The normalized spacial score (nSPS) is 12.0. The number of hydrogen-bond donors (Lipinski definition) is 2. The van der Waals surface area contributed by atoms with E-state index < -0.39 is 0 Å². The molecule has 156 valence electrons. The Morgan fingerprint density at radius 1 is 1.06 bits per heavy atom. The van der Waals surface area contributed by atoms with Crippen LogP contribution in [0.5, 0.6) is 11.5 Å². The summed E-state index contributed by atoms with van der Waals surface area (Å²) >= 11 is 6.14. The molecule has 2 amide bonds. The fraction of sp³-hybridized carbons (Fsp3) is 0.0870. The number of pyridine rings is 1. The summed E-state index contributed by atoms with van der Waals surface area (Å²) in [6, 6.07) is 13.9. The number of fused-ring (bicyclic) bond motifs is 1. The summed E-state index contributed by atoms with van der Waals surface area (Å²) in [6.45, 7) is 0.463. The molecule has 2 aromatic carbocycles. The van der Waals surface area contributed by atoms with E-state index in [0.717, 1.165) is 11.1 Å². The molecule has 2 N–H and O–H groups in total. The first-order valence-corrected chi connectivity index (χ1v) is 9.82. The Kier molecular flexibility index (Phi) is 6.14. The van der Waals surface area contributed by atoms with Crippen LogP contribution in [0, 0.1) is 0 Å². The van der Waals surface area contributed by atoms with E-state index in [9.17, 15) is 9.59 Å². The number of halogens is 1. The van der Waals surface area contributed by atoms with Gasteiger partial charge in [0, 0.05) is 36.3 Å². The number of hydrogen-bond acceptors (Lipinski definition) is 5. The minimum atomic E-state index is -0.256. The number of carbonyl (C=O) groups is 2. The molecule has 1 aliphatic rings. The number of aromatic nitrogens is 1. The minimum absolute atomic E-state index is 0.132. The maximum absolute atomic E-state index is 12.3. The molecular formula is C23H18ClN3O4. The number of carbonyl (C=O) groups excluding carboxylic acids is 2. The van der Waals surface area contributed by atoms with Crippen molar-refractivity contribution in [1.82, 2.24) is 10.3 Å². The zero-order valence-corrected chi connectivity index (χ0v) is 17.1. The second-order valence-electron chi connectivity index (χ2n) is 6.67. The molecular weight excluding hydrogens is 418 g/mol. The number of amides is 2. The first kappa shape index (κ1) is 20.4. The molecule has 0 bridgehead atoms. The molecule has 0 saturated carbocycles. The number of nitrogens with one attached hydrogen (secondary N) is 2. The number of nitrogens with zero attached hydrogens (tertiary/aromatic N) is 1. The fourth-order valence-electron chi connectivity index (χ4n) is 2.92. The highest BCUT2D eigenvalue weighted by molar-refractivity contribution is 6.32. The van der Waals surface area contributed by atoms with Gasteiger partial charge >= 0.3 is 0 Å². The summed E-state index contributed by atoms with van der Waals surface area (Å²) < 4.78 is 10.6. The van der Waals surface area contributed by atoms with E-state index in [1.54, 1.807) is 67.0 Å². The molecule has 7 nitrogen and oxygen atoms in total. The predicted octanol–water partition coefficient (Wildman–Crippen LogP) is 4.05. The number of rotatable bonds is 6. The summed E-state index contributed by atoms with van der Waals surface area (Å²) in [5.41, 5.74) is 2.79. The Balaban J connectivity index is 1.30. The topological polar surface area (TPSA) is 89.5 Å². The van der Waals surface area contributed by atoms with Gasteiger partial charge in [-0.25, -0.2) is 0 Å². The van der Waals surface area contributed by atoms with Crippen LogP contribution in [0.15, 0.2) is 67.0 Å². The van der Waals surface area contributed by atoms with Gasteiger partial charge in [0.15, 0.2) is 11.5 Å². The molecule has 0 atom stereocenters. The fourth-order valence-corrected chi connectivity index (χ4v) is 3.19. The highest BCUT2D eigenvalue weighted by atomic mass is 35.5. The molecule has 0 spiro atoms. The van der Waals surface area contributed by atoms with Gasteiger partial charge in [-0.15, -0.1) is 0 Å². The van der Waals surface area contributed by atoms with E-state index >= 15 is 0 Å². The van der Waals surface area contributed by atoms with Crippen molar-refractivity contribution in [3.05, 3.63) is 88.7 Å². The van der Waals surface area contributed by atoms with E-state index in [2.05, 4.69) is 15.6 Å². The SMILES string of the molecule is O=C(C=Cc1cc(Cl)c2c(c1)OCO2)NCc1ccc(C(=O)Nc2ccncc2)cc1. The maximum atomic E-state index is 12.3. The zero-order chi connectivity index (χ0) is 21.6. The summed E-state index contributed by atoms with van der Waals surface area (Å²) in [5, 5.41) is 6.03. The van der Waals surface area contributed by atoms with Crippen LogP contribution < -0.4 is 20.1 Å². The van der Waals surface area contributed by atoms with Crippen molar-refractivity contribution in [1.29, 1.82) is 0 Å². The van der Waals surface area contributed by atoms with Gasteiger partial charge in [-0.05, 0) is 53.6 Å². The third-order valence-electron chi connectivity index (χ3n) is 4.50. The van der Waals surface area contributed by atoms with Crippen LogP contribution in [0.4, 0.5) is 5.69 Å². The van der Waals surface area contributed by atoms with Crippen molar-refractivity contribution in [2.24, 2.45) is 0 Å². The smallest absolute Gasteiger partial charge is 0.255 e. The van der Waals surface area contributed by atoms with Gasteiger partial charge in [-0.3, -0.25) is 14.6 Å². The van der Waals surface area contributed by atoms with Gasteiger partial charge in [-0.1, -0.05) is 23.7 Å². The lowest BCUT2D eigenvalue weighted by Crippen LogP contribution is -2.20. The first-order chi connectivity index (χ1) is 15.1. The van der Waals surface area contributed by atoms with Crippen LogP contribution >= 0.6 is 11.6 Å². The monoisotopic (exact) mass is 435 g/mol. The minimum Gasteiger partial charge on any atom is -0.454 e. The van der Waals surface area contributed by atoms with Crippen LogP contribution in [0.1, 0.15) is 21.5 Å². The summed E-state index contributed by atoms with van der Waals surface area (Å²) in [5.74, 6) is 0.599. The highest BCUT2D eigenvalue weighted by Crippen LogP contribution is 2.40. The van der Waals surface area contributed by atoms with E-state index in [1.807, 2.05) is 0 Å². The maximum Gasteiger partial charge on any atom is 0.255 e. The van der Waals surface area contributed by atoms with Crippen molar-refractivity contribution in [3.8, 4) is 11.5 Å². The lowest BCUT2D eigenvalue weighted by molar-refractivity contribution is -0.116. The molecule has 1 aliphatic heterocycles. The van der Waals surface area contributed by atoms with Crippen molar-refractivity contribution in [3.63, 3.8) is 0 Å². The second kappa shape index (κ2) is 9.32. The standard InChI is InChI=1S/C23H18ClN3O4/c24-19-11-16(12-20-22(19)31-14-30-20)3-6-21(28)26-13-15-1-4-17(5-2-15)23(29)27-18-7-9-25-10-8-18/h1-12H,13-14H2,(H,26,28)(H,25,27,29). The van der Waals surface area contributed by atoms with Gasteiger partial charge in [0.25, 0.3) is 5.91 Å². The third-order valence-corrected chi connectivity index (χ3v) is 4.78. The summed E-state index contributed by atoms with van der Waals surface area (Å²) in [4.78, 5) is 28.3. The number of benzene rings is 2. The van der Waals surface area contributed by atoms with Crippen LogP contribution in [0.25, 0.3) is 6.08 Å². The van der Waals surface area contributed by atoms with E-state index in [4.69, 9.17) is 21.1 Å². The van der Waals surface area contributed by atoms with E-state index in [0.29, 0.717) is 34.3 Å². The zero-order valence-electron chi connectivity index (χ0n) is 16.3. The molecule has 4 rings (SSSR count). The Labute approximate surface area is 183 Å². The molecule has 0 aliphatic carbocycles. The van der Waals surface area contributed by atoms with E-state index in [-0.39, 0.29) is 18.6 Å². The largest absolute Gasteiger partial charge is 0.454 e. The van der Waals surface area contributed by atoms with Crippen LogP contribution in [-0.4, -0.2) is 23.6 Å². The molecule has 3 aromatic rings. The lowest BCUT2D eigenvalue weighted by Gasteiger charge is -2.07. The second-order valence-corrected chi connectivity index (χ2v) is 7.08. The Morgan fingerprint density at radius 2 is 1.84 bits per heavy atom. The van der Waals surface area contributed by atoms with Crippen molar-refractivity contribution < 1.29 is 19.1 Å². The lowest BCUT2D eigenvalue weighted by atomic mass is 10.1. The summed E-state index contributed by atoms with van der Waals surface area (Å²) in [6.07, 6.45) is 6.29. The van der Waals surface area contributed by atoms with E-state index in [1.165, 1.54) is 6.08 Å². The van der Waals surface area contributed by atoms with Gasteiger partial charge in [0.05, 0.1) is 5.02 Å². The van der Waals surface area contributed by atoms with Gasteiger partial charge < -0.3 is 20.1 Å². The first-order valence-electron chi connectivity index (χ1n) is 9.44. The number of ether oxygens (including phenoxy) is 2. The molecule has 31 heavy (non-hydrogen) atoms. The Bertz CT molecular complexity index is 1130. The highest BCUT2D eigenvalue weighted by Gasteiger charge is 2.17. The molecule has 2 heterocycles. The average molecular weight is 436 g/mol. The summed E-state index contributed by atoms with van der Waals surface area (Å²) in [7, 11) is 0.